The Morgan fingerprint density at radius 2 is 1.00 bits per heavy atom. The lowest BCUT2D eigenvalue weighted by atomic mass is 9.82. The van der Waals surface area contributed by atoms with Crippen molar-refractivity contribution in [3.8, 4) is 22.3 Å². The third-order valence-electron chi connectivity index (χ3n) is 8.10. The predicted molar refractivity (Wildman–Crippen MR) is 143 cm³/mol. The zero-order chi connectivity index (χ0) is 23.8. The topological polar surface area (TPSA) is 20.1 Å². The van der Waals surface area contributed by atoms with E-state index in [1.165, 1.54) is 22.3 Å². The quantitative estimate of drug-likeness (QED) is 0.173. The second-order valence-corrected chi connectivity index (χ2v) is 13.1. The van der Waals surface area contributed by atoms with Crippen LogP contribution in [0.3, 0.4) is 0 Å². The monoisotopic (exact) mass is 531 g/mol. The van der Waals surface area contributed by atoms with Gasteiger partial charge in [0.05, 0.1) is 0 Å². The fourth-order valence-corrected chi connectivity index (χ4v) is 9.38. The van der Waals surface area contributed by atoms with Crippen LogP contribution < -0.4 is 0 Å². The van der Waals surface area contributed by atoms with E-state index in [0.29, 0.717) is 0 Å². The van der Waals surface area contributed by atoms with E-state index in [0.717, 1.165) is 22.3 Å². The Bertz CT molecular complexity index is 1540. The van der Waals surface area contributed by atoms with Gasteiger partial charge in [0.2, 0.25) is 0 Å². The number of amides is 1. The Hall–Kier alpha value is -2.43. The highest BCUT2D eigenvalue weighted by Crippen LogP contribution is 2.95. The maximum atomic E-state index is 13.9. The van der Waals surface area contributed by atoms with Gasteiger partial charge < -0.3 is 4.90 Å². The molecule has 2 saturated heterocycles. The molecule has 35 heavy (non-hydrogen) atoms. The van der Waals surface area contributed by atoms with Gasteiger partial charge in [0.25, 0.3) is 9.70 Å². The Balaban J connectivity index is 1.48. The van der Waals surface area contributed by atoms with Crippen molar-refractivity contribution in [1.29, 1.82) is 0 Å². The number of carbonyl (C=O) groups excluding carboxylic acids is 1. The fourth-order valence-electron chi connectivity index (χ4n) is 6.98. The second-order valence-electron chi connectivity index (χ2n) is 9.46. The van der Waals surface area contributed by atoms with Gasteiger partial charge in [0.1, 0.15) is 15.2 Å². The number of carbonyl (C=O) groups is 1. The summed E-state index contributed by atoms with van der Waals surface area (Å²) in [7, 11) is 0. The average Bonchev–Trinajstić information content (AvgIpc) is 3.65. The minimum atomic E-state index is -2.06. The van der Waals surface area contributed by atoms with Crippen LogP contribution in [0.4, 0.5) is 0 Å². The lowest BCUT2D eigenvalue weighted by molar-refractivity contribution is -0.126. The van der Waals surface area contributed by atoms with Crippen molar-refractivity contribution in [2.24, 2.45) is 0 Å². The molecule has 0 radical (unpaired) electrons. The Morgan fingerprint density at radius 1 is 0.629 bits per heavy atom. The molecular formula is C29H16Cl3NOS. The van der Waals surface area contributed by atoms with Crippen molar-refractivity contribution in [1.82, 2.24) is 4.90 Å². The Labute approximate surface area is 221 Å². The van der Waals surface area contributed by atoms with Gasteiger partial charge in [-0.2, -0.15) is 0 Å². The molecule has 8 rings (SSSR count). The highest BCUT2D eigenvalue weighted by molar-refractivity contribution is 8.09. The summed E-state index contributed by atoms with van der Waals surface area (Å²) in [6.07, 6.45) is 0. The number of benzene rings is 4. The van der Waals surface area contributed by atoms with E-state index in [9.17, 15) is 4.79 Å². The SMILES string of the molecule is O=C(N1C2(c3ccccc3-c3ccccc32)[C@]12SC21c2ccccc2-c2ccccc21)C(Cl)(Cl)Cl. The molecule has 4 aromatic carbocycles. The van der Waals surface area contributed by atoms with E-state index >= 15 is 0 Å². The van der Waals surface area contributed by atoms with Gasteiger partial charge >= 0.3 is 0 Å². The highest BCUT2D eigenvalue weighted by atomic mass is 35.6. The summed E-state index contributed by atoms with van der Waals surface area (Å²) in [5, 5.41) is 0. The van der Waals surface area contributed by atoms with Gasteiger partial charge in [0, 0.05) is 0 Å². The molecule has 170 valence electrons. The summed E-state index contributed by atoms with van der Waals surface area (Å²) in [6.45, 7) is 0. The minimum Gasteiger partial charge on any atom is -0.302 e. The van der Waals surface area contributed by atoms with Crippen LogP contribution in [-0.2, 0) is 15.1 Å². The molecule has 0 bridgehead atoms. The van der Waals surface area contributed by atoms with Crippen LogP contribution >= 0.6 is 46.6 Å². The number of halogens is 3. The van der Waals surface area contributed by atoms with E-state index in [-0.39, 0.29) is 0 Å². The van der Waals surface area contributed by atoms with Crippen molar-refractivity contribution in [3.63, 3.8) is 0 Å². The number of fused-ring (bicyclic) bond motifs is 12. The summed E-state index contributed by atoms with van der Waals surface area (Å²) in [6, 6.07) is 33.7. The molecule has 0 N–H and O–H groups in total. The molecule has 2 aliphatic heterocycles. The van der Waals surface area contributed by atoms with Crippen molar-refractivity contribution < 1.29 is 4.79 Å². The van der Waals surface area contributed by atoms with Gasteiger partial charge in [-0.3, -0.25) is 4.79 Å². The molecule has 1 amide bonds. The standard InChI is InChI=1S/C29H16Cl3NOS/c30-28(31,32)25(34)33-26(21-13-5-1-9-17(21)18-10-2-6-14-22(18)26)29(33)27(35-29)23-15-7-3-11-19(23)20-12-4-8-16-24(20)27/h1-16H/t29-,33?/m1/s1. The first-order valence-corrected chi connectivity index (χ1v) is 13.4. The van der Waals surface area contributed by atoms with Crippen LogP contribution in [0.25, 0.3) is 22.3 Å². The molecule has 2 nitrogen and oxygen atoms in total. The van der Waals surface area contributed by atoms with Gasteiger partial charge in [-0.15, -0.1) is 11.8 Å². The maximum absolute atomic E-state index is 13.9. The number of alkyl halides is 3. The zero-order valence-electron chi connectivity index (χ0n) is 18.1. The van der Waals surface area contributed by atoms with E-state index in [1.807, 2.05) is 29.2 Å². The molecule has 6 heteroatoms. The van der Waals surface area contributed by atoms with Crippen LogP contribution in [0, 0.1) is 0 Å². The smallest absolute Gasteiger partial charge is 0.277 e. The first-order valence-electron chi connectivity index (χ1n) is 11.4. The summed E-state index contributed by atoms with van der Waals surface area (Å²) in [5.41, 5.74) is 8.56. The first kappa shape index (κ1) is 20.7. The molecule has 2 aliphatic carbocycles. The van der Waals surface area contributed by atoms with Gasteiger partial charge in [-0.25, -0.2) is 0 Å². The minimum absolute atomic E-state index is 0.448. The van der Waals surface area contributed by atoms with Crippen LogP contribution in [0.5, 0.6) is 0 Å². The summed E-state index contributed by atoms with van der Waals surface area (Å²) < 4.78 is -2.51. The highest BCUT2D eigenvalue weighted by Gasteiger charge is 2.99. The second kappa shape index (κ2) is 6.27. The lowest BCUT2D eigenvalue weighted by Crippen LogP contribution is -2.32. The van der Waals surface area contributed by atoms with E-state index in [1.54, 1.807) is 11.8 Å². The molecule has 0 saturated carbocycles. The third kappa shape index (κ3) is 2.07. The number of nitrogens with zero attached hydrogens (tertiary/aromatic N) is 1. The fraction of sp³-hybridized carbons (Fsp3) is 0.138. The summed E-state index contributed by atoms with van der Waals surface area (Å²) >= 11 is 20.8. The van der Waals surface area contributed by atoms with E-state index in [4.69, 9.17) is 34.8 Å². The number of hydrogen-bond acceptors (Lipinski definition) is 2. The normalized spacial score (nSPS) is 22.7. The Kier molecular flexibility index (Phi) is 3.72. The number of rotatable bonds is 0. The summed E-state index contributed by atoms with van der Waals surface area (Å²) in [5.74, 6) is -0.486. The van der Waals surface area contributed by atoms with Crippen molar-refractivity contribution in [2.45, 2.75) is 18.9 Å². The van der Waals surface area contributed by atoms with Gasteiger partial charge in [-0.05, 0) is 44.5 Å². The largest absolute Gasteiger partial charge is 0.302 e. The maximum Gasteiger partial charge on any atom is 0.277 e. The Morgan fingerprint density at radius 3 is 1.43 bits per heavy atom. The molecule has 1 atom stereocenters. The molecule has 0 unspecified atom stereocenters. The number of thioether (sulfide) groups is 1. The third-order valence-corrected chi connectivity index (χ3v) is 10.5. The average molecular weight is 533 g/mol. The first-order chi connectivity index (χ1) is 16.9. The van der Waals surface area contributed by atoms with Gasteiger partial charge in [0.15, 0.2) is 0 Å². The molecule has 2 heterocycles. The lowest BCUT2D eigenvalue weighted by Gasteiger charge is -2.17. The van der Waals surface area contributed by atoms with Crippen LogP contribution in [0.1, 0.15) is 22.3 Å². The molecule has 0 aromatic heterocycles. The molecule has 4 aliphatic rings. The summed E-state index contributed by atoms with van der Waals surface area (Å²) in [4.78, 5) is 15.2. The van der Waals surface area contributed by atoms with Crippen LogP contribution in [-0.4, -0.2) is 19.5 Å². The zero-order valence-corrected chi connectivity index (χ0v) is 21.2. The molecule has 2 fully saturated rings. The molecular weight excluding hydrogens is 517 g/mol. The van der Waals surface area contributed by atoms with Crippen molar-refractivity contribution in [3.05, 3.63) is 119 Å². The van der Waals surface area contributed by atoms with Crippen LogP contribution in [0.2, 0.25) is 0 Å². The number of hydrogen-bond donors (Lipinski definition) is 0. The predicted octanol–water partition coefficient (Wildman–Crippen LogP) is 7.49. The molecule has 3 spiro atoms. The molecule has 4 aromatic rings. The van der Waals surface area contributed by atoms with E-state index in [2.05, 4.69) is 72.8 Å². The van der Waals surface area contributed by atoms with E-state index < -0.39 is 24.9 Å². The van der Waals surface area contributed by atoms with Crippen molar-refractivity contribution in [2.75, 3.05) is 0 Å². The van der Waals surface area contributed by atoms with Crippen molar-refractivity contribution >= 4 is 52.5 Å². The van der Waals surface area contributed by atoms with Crippen LogP contribution in [0.15, 0.2) is 97.1 Å². The van der Waals surface area contributed by atoms with Gasteiger partial charge in [-0.1, -0.05) is 132 Å².